The van der Waals surface area contributed by atoms with Crippen LogP contribution in [0.25, 0.3) is 6.08 Å². The van der Waals surface area contributed by atoms with Crippen LogP contribution in [-0.4, -0.2) is 22.9 Å². The fourth-order valence-electron chi connectivity index (χ4n) is 1.29. The molecular weight excluding hydrogens is 174 g/mol. The Morgan fingerprint density at radius 2 is 2.36 bits per heavy atom. The highest BCUT2D eigenvalue weighted by Crippen LogP contribution is 2.00. The van der Waals surface area contributed by atoms with E-state index in [9.17, 15) is 0 Å². The summed E-state index contributed by atoms with van der Waals surface area (Å²) in [4.78, 5) is 0. The number of hydrogen-bond donors (Lipinski definition) is 1. The largest absolute Gasteiger partial charge is 0.313 e. The number of aryl methyl sites for hydroxylation is 1. The molecular formula is C11H19N3. The third-order valence-electron chi connectivity index (χ3n) is 2.03. The fraction of sp³-hybridized carbons (Fsp3) is 0.545. The van der Waals surface area contributed by atoms with Crippen molar-refractivity contribution in [2.45, 2.75) is 26.8 Å². The number of nitrogens with one attached hydrogen (secondary N) is 1. The third-order valence-corrected chi connectivity index (χ3v) is 2.03. The molecule has 3 nitrogen and oxygen atoms in total. The Kier molecular flexibility index (Phi) is 5.00. The fourth-order valence-corrected chi connectivity index (χ4v) is 1.29. The topological polar surface area (TPSA) is 29.9 Å². The van der Waals surface area contributed by atoms with Gasteiger partial charge in [-0.2, -0.15) is 5.10 Å². The summed E-state index contributed by atoms with van der Waals surface area (Å²) >= 11 is 0. The monoisotopic (exact) mass is 193 g/mol. The van der Waals surface area contributed by atoms with Crippen LogP contribution >= 0.6 is 0 Å². The van der Waals surface area contributed by atoms with E-state index in [1.54, 1.807) is 0 Å². The lowest BCUT2D eigenvalue weighted by Gasteiger charge is -1.99. The van der Waals surface area contributed by atoms with Gasteiger partial charge >= 0.3 is 0 Å². The van der Waals surface area contributed by atoms with Crippen molar-refractivity contribution in [2.75, 3.05) is 13.1 Å². The second kappa shape index (κ2) is 6.38. The van der Waals surface area contributed by atoms with E-state index in [4.69, 9.17) is 0 Å². The molecule has 0 amide bonds. The van der Waals surface area contributed by atoms with Gasteiger partial charge in [0.25, 0.3) is 0 Å². The lowest BCUT2D eigenvalue weighted by molar-refractivity contribution is 0.653. The van der Waals surface area contributed by atoms with Crippen LogP contribution in [0, 0.1) is 0 Å². The van der Waals surface area contributed by atoms with E-state index in [-0.39, 0.29) is 0 Å². The molecule has 0 aliphatic rings. The summed E-state index contributed by atoms with van der Waals surface area (Å²) in [6.07, 6.45) is 7.27. The molecule has 0 aliphatic carbocycles. The van der Waals surface area contributed by atoms with Crippen molar-refractivity contribution < 1.29 is 0 Å². The molecule has 0 spiro atoms. The quantitative estimate of drug-likeness (QED) is 0.699. The van der Waals surface area contributed by atoms with Crippen LogP contribution in [0.2, 0.25) is 0 Å². The van der Waals surface area contributed by atoms with Crippen LogP contribution in [0.4, 0.5) is 0 Å². The summed E-state index contributed by atoms with van der Waals surface area (Å²) in [7, 11) is 0. The van der Waals surface area contributed by atoms with E-state index in [1.165, 1.54) is 12.1 Å². The first-order chi connectivity index (χ1) is 6.88. The predicted molar refractivity (Wildman–Crippen MR) is 60.1 cm³/mol. The second-order valence-electron chi connectivity index (χ2n) is 3.18. The van der Waals surface area contributed by atoms with Gasteiger partial charge in [-0.1, -0.05) is 13.0 Å². The van der Waals surface area contributed by atoms with Crippen molar-refractivity contribution in [3.05, 3.63) is 24.0 Å². The molecule has 0 bridgehead atoms. The molecule has 1 heterocycles. The van der Waals surface area contributed by atoms with E-state index < -0.39 is 0 Å². The first-order valence-electron chi connectivity index (χ1n) is 5.27. The third kappa shape index (κ3) is 3.34. The van der Waals surface area contributed by atoms with Crippen LogP contribution in [0.1, 0.15) is 26.0 Å². The standard InChI is InChI=1S/C11H19N3/c1-3-8-12-9-5-6-11-7-10-13-14(11)4-2/h5-7,10,12H,3-4,8-9H2,1-2H3/b6-5+. The Morgan fingerprint density at radius 1 is 1.50 bits per heavy atom. The van der Waals surface area contributed by atoms with Crippen molar-refractivity contribution in [3.63, 3.8) is 0 Å². The molecule has 0 aliphatic heterocycles. The van der Waals surface area contributed by atoms with Crippen molar-refractivity contribution in [1.82, 2.24) is 15.1 Å². The second-order valence-corrected chi connectivity index (χ2v) is 3.18. The zero-order chi connectivity index (χ0) is 10.2. The minimum atomic E-state index is 0.926. The molecule has 1 N–H and O–H groups in total. The molecule has 1 rings (SSSR count). The van der Waals surface area contributed by atoms with Crippen LogP contribution in [-0.2, 0) is 6.54 Å². The zero-order valence-electron chi connectivity index (χ0n) is 9.03. The van der Waals surface area contributed by atoms with Gasteiger partial charge in [-0.05, 0) is 32.0 Å². The summed E-state index contributed by atoms with van der Waals surface area (Å²) in [6, 6.07) is 2.03. The molecule has 0 saturated heterocycles. The van der Waals surface area contributed by atoms with Crippen LogP contribution in [0.15, 0.2) is 18.3 Å². The summed E-state index contributed by atoms with van der Waals surface area (Å²) in [5.74, 6) is 0. The molecule has 0 aromatic carbocycles. The molecule has 3 heteroatoms. The van der Waals surface area contributed by atoms with Crippen molar-refractivity contribution in [3.8, 4) is 0 Å². The van der Waals surface area contributed by atoms with E-state index >= 15 is 0 Å². The molecule has 0 fully saturated rings. The van der Waals surface area contributed by atoms with Gasteiger partial charge in [0.1, 0.15) is 0 Å². The highest BCUT2D eigenvalue weighted by atomic mass is 15.3. The SMILES string of the molecule is CCCNC/C=C/c1ccnn1CC. The number of rotatable bonds is 6. The zero-order valence-corrected chi connectivity index (χ0v) is 9.03. The Labute approximate surface area is 85.8 Å². The van der Waals surface area contributed by atoms with E-state index in [2.05, 4.69) is 36.4 Å². The van der Waals surface area contributed by atoms with Crippen LogP contribution < -0.4 is 5.32 Å². The Bertz CT molecular complexity index is 276. The van der Waals surface area contributed by atoms with Gasteiger partial charge in [-0.15, -0.1) is 0 Å². The van der Waals surface area contributed by atoms with Gasteiger partial charge < -0.3 is 5.32 Å². The lowest BCUT2D eigenvalue weighted by atomic mass is 10.3. The molecule has 14 heavy (non-hydrogen) atoms. The summed E-state index contributed by atoms with van der Waals surface area (Å²) in [6.45, 7) is 7.21. The normalized spacial score (nSPS) is 11.3. The van der Waals surface area contributed by atoms with Gasteiger partial charge in [-0.25, -0.2) is 0 Å². The van der Waals surface area contributed by atoms with Gasteiger partial charge in [-0.3, -0.25) is 4.68 Å². The van der Waals surface area contributed by atoms with Gasteiger partial charge in [0.2, 0.25) is 0 Å². The Hall–Kier alpha value is -1.09. The first kappa shape index (κ1) is 11.0. The summed E-state index contributed by atoms with van der Waals surface area (Å²) < 4.78 is 1.98. The molecule has 1 aromatic rings. The minimum absolute atomic E-state index is 0.926. The molecule has 0 unspecified atom stereocenters. The molecule has 1 aromatic heterocycles. The van der Waals surface area contributed by atoms with E-state index in [0.29, 0.717) is 0 Å². The molecule has 78 valence electrons. The average molecular weight is 193 g/mol. The predicted octanol–water partition coefficient (Wildman–Crippen LogP) is 1.92. The maximum absolute atomic E-state index is 4.19. The smallest absolute Gasteiger partial charge is 0.0607 e. The van der Waals surface area contributed by atoms with Crippen molar-refractivity contribution in [1.29, 1.82) is 0 Å². The summed E-state index contributed by atoms with van der Waals surface area (Å²) in [5, 5.41) is 7.51. The highest BCUT2D eigenvalue weighted by molar-refractivity contribution is 5.44. The van der Waals surface area contributed by atoms with Gasteiger partial charge in [0.15, 0.2) is 0 Å². The maximum Gasteiger partial charge on any atom is 0.0607 e. The van der Waals surface area contributed by atoms with Gasteiger partial charge in [0, 0.05) is 19.3 Å². The molecule has 0 radical (unpaired) electrons. The van der Waals surface area contributed by atoms with Gasteiger partial charge in [0.05, 0.1) is 5.69 Å². The Balaban J connectivity index is 2.35. The van der Waals surface area contributed by atoms with Crippen molar-refractivity contribution in [2.24, 2.45) is 0 Å². The Morgan fingerprint density at radius 3 is 3.07 bits per heavy atom. The summed E-state index contributed by atoms with van der Waals surface area (Å²) in [5.41, 5.74) is 1.17. The molecule has 0 saturated carbocycles. The van der Waals surface area contributed by atoms with Crippen molar-refractivity contribution >= 4 is 6.08 Å². The minimum Gasteiger partial charge on any atom is -0.313 e. The number of hydrogen-bond acceptors (Lipinski definition) is 2. The van der Waals surface area contributed by atoms with Crippen LogP contribution in [0.3, 0.4) is 0 Å². The number of nitrogens with zero attached hydrogens (tertiary/aromatic N) is 2. The van der Waals surface area contributed by atoms with E-state index in [1.807, 2.05) is 16.9 Å². The number of aromatic nitrogens is 2. The average Bonchev–Trinajstić information content (AvgIpc) is 2.65. The maximum atomic E-state index is 4.19. The lowest BCUT2D eigenvalue weighted by Crippen LogP contribution is -2.13. The van der Waals surface area contributed by atoms with Crippen LogP contribution in [0.5, 0.6) is 0 Å². The first-order valence-corrected chi connectivity index (χ1v) is 5.27. The molecule has 0 atom stereocenters. The highest BCUT2D eigenvalue weighted by Gasteiger charge is 1.93. The van der Waals surface area contributed by atoms with E-state index in [0.717, 1.165) is 19.6 Å².